The Morgan fingerprint density at radius 1 is 0.600 bits per heavy atom. The fourth-order valence-corrected chi connectivity index (χ4v) is 12.1. The van der Waals surface area contributed by atoms with Gasteiger partial charge in [0.15, 0.2) is 0 Å². The fraction of sp³-hybridized carbons (Fsp3) is 1.00. The van der Waals surface area contributed by atoms with Gasteiger partial charge in [0.05, 0.1) is 0 Å². The topological polar surface area (TPSA) is 9.23 Å². The van der Waals surface area contributed by atoms with Gasteiger partial charge in [0, 0.05) is 0 Å². The molecular weight excluding hydrogens is 351 g/mol. The molecule has 0 saturated carbocycles. The molecule has 0 bridgehead atoms. The molecule has 0 atom stereocenters. The first kappa shape index (κ1) is 20.8. The molecule has 0 N–H and O–H groups in total. The van der Waals surface area contributed by atoms with Crippen molar-refractivity contribution in [2.45, 2.75) is 105 Å². The van der Waals surface area contributed by atoms with Crippen LogP contribution in [0.25, 0.3) is 0 Å². The van der Waals surface area contributed by atoms with Gasteiger partial charge in [0.2, 0.25) is 0 Å². The van der Waals surface area contributed by atoms with E-state index in [4.69, 9.17) is 3.07 Å². The van der Waals surface area contributed by atoms with E-state index in [1.54, 1.807) is 0 Å². The van der Waals surface area contributed by atoms with Crippen molar-refractivity contribution in [3.63, 3.8) is 0 Å². The summed E-state index contributed by atoms with van der Waals surface area (Å²) >= 11 is -2.17. The number of hydrogen-bond acceptors (Lipinski definition) is 1. The zero-order valence-electron chi connectivity index (χ0n) is 14.8. The van der Waals surface area contributed by atoms with Gasteiger partial charge in [-0.15, -0.1) is 0 Å². The minimum absolute atomic E-state index is 1.06. The van der Waals surface area contributed by atoms with Crippen molar-refractivity contribution in [1.82, 2.24) is 0 Å². The summed E-state index contributed by atoms with van der Waals surface area (Å²) in [7, 11) is 0. The average molecular weight is 391 g/mol. The first-order valence-electron chi connectivity index (χ1n) is 9.38. The summed E-state index contributed by atoms with van der Waals surface area (Å²) in [4.78, 5) is 0. The summed E-state index contributed by atoms with van der Waals surface area (Å²) in [5.74, 6) is 0. The third-order valence-corrected chi connectivity index (χ3v) is 18.0. The Kier molecular flexibility index (Phi) is 15.2. The van der Waals surface area contributed by atoms with E-state index in [1.165, 1.54) is 77.5 Å². The normalized spacial score (nSPS) is 12.0. The van der Waals surface area contributed by atoms with Gasteiger partial charge in [-0.2, -0.15) is 0 Å². The fourth-order valence-electron chi connectivity index (χ4n) is 2.92. The van der Waals surface area contributed by atoms with Gasteiger partial charge < -0.3 is 0 Å². The van der Waals surface area contributed by atoms with Gasteiger partial charge in [-0.3, -0.25) is 0 Å². The molecule has 0 rings (SSSR count). The van der Waals surface area contributed by atoms with Crippen molar-refractivity contribution in [3.05, 3.63) is 0 Å². The molecule has 1 nitrogen and oxygen atoms in total. The molecule has 0 heterocycles. The molecule has 0 amide bonds. The molecule has 0 aromatic rings. The van der Waals surface area contributed by atoms with Crippen LogP contribution in [0.1, 0.15) is 91.9 Å². The summed E-state index contributed by atoms with van der Waals surface area (Å²) in [5, 5.41) is 0. The molecule has 0 unspecified atom stereocenters. The maximum absolute atomic E-state index is 6.51. The van der Waals surface area contributed by atoms with E-state index in [0.29, 0.717) is 0 Å². The Labute approximate surface area is 133 Å². The van der Waals surface area contributed by atoms with Gasteiger partial charge >= 0.3 is 134 Å². The molecule has 0 aliphatic heterocycles. The van der Waals surface area contributed by atoms with Gasteiger partial charge in [-0.25, -0.2) is 0 Å². The average Bonchev–Trinajstić information content (AvgIpc) is 2.48. The molecule has 122 valence electrons. The Morgan fingerprint density at radius 2 is 1.10 bits per heavy atom. The van der Waals surface area contributed by atoms with E-state index in [9.17, 15) is 0 Å². The molecule has 2 heteroatoms. The zero-order chi connectivity index (χ0) is 15.1. The second-order valence-electron chi connectivity index (χ2n) is 6.32. The molecule has 0 fully saturated rings. The monoisotopic (exact) mass is 392 g/mol. The first-order valence-corrected chi connectivity index (χ1v) is 16.6. The Hall–Kier alpha value is 0.759. The van der Waals surface area contributed by atoms with Gasteiger partial charge in [0.1, 0.15) is 0 Å². The van der Waals surface area contributed by atoms with Gasteiger partial charge in [-0.05, 0) is 0 Å². The molecular formula is C18H40OSn. The Balaban J connectivity index is 3.80. The Bertz CT molecular complexity index is 190. The summed E-state index contributed by atoms with van der Waals surface area (Å²) in [6.07, 6.45) is 13.9. The van der Waals surface area contributed by atoms with E-state index in [1.807, 2.05) is 0 Å². The molecule has 0 aliphatic rings. The van der Waals surface area contributed by atoms with Gasteiger partial charge in [-0.1, -0.05) is 0 Å². The van der Waals surface area contributed by atoms with Crippen LogP contribution < -0.4 is 0 Å². The molecule has 0 aliphatic carbocycles. The minimum atomic E-state index is -2.17. The van der Waals surface area contributed by atoms with E-state index < -0.39 is 18.8 Å². The van der Waals surface area contributed by atoms with Crippen LogP contribution in [0, 0.1) is 0 Å². The Morgan fingerprint density at radius 3 is 1.65 bits per heavy atom. The van der Waals surface area contributed by atoms with Crippen molar-refractivity contribution < 1.29 is 3.07 Å². The SMILES string of the molecule is CCCCCCC[CH2][Sn]([CH2]C)([CH2]C)[O]CCCCCC. The van der Waals surface area contributed by atoms with Crippen LogP contribution >= 0.6 is 0 Å². The third kappa shape index (κ3) is 10.5. The first-order chi connectivity index (χ1) is 9.74. The van der Waals surface area contributed by atoms with E-state index >= 15 is 0 Å². The summed E-state index contributed by atoms with van der Waals surface area (Å²) in [6.45, 7) is 10.4. The van der Waals surface area contributed by atoms with Crippen LogP contribution in [0.3, 0.4) is 0 Å². The molecule has 0 aromatic carbocycles. The van der Waals surface area contributed by atoms with Crippen molar-refractivity contribution in [2.24, 2.45) is 0 Å². The molecule has 0 radical (unpaired) electrons. The summed E-state index contributed by atoms with van der Waals surface area (Å²) in [5.41, 5.74) is 0. The second-order valence-corrected chi connectivity index (χ2v) is 19.4. The van der Waals surface area contributed by atoms with Crippen LogP contribution in [0.4, 0.5) is 0 Å². The zero-order valence-corrected chi connectivity index (χ0v) is 17.7. The van der Waals surface area contributed by atoms with E-state index in [0.717, 1.165) is 6.61 Å². The molecule has 0 aromatic heterocycles. The second kappa shape index (κ2) is 14.7. The van der Waals surface area contributed by atoms with E-state index in [2.05, 4.69) is 27.7 Å². The number of hydrogen-bond donors (Lipinski definition) is 0. The van der Waals surface area contributed by atoms with Crippen molar-refractivity contribution in [1.29, 1.82) is 0 Å². The van der Waals surface area contributed by atoms with Crippen LogP contribution in [0.15, 0.2) is 0 Å². The van der Waals surface area contributed by atoms with Crippen molar-refractivity contribution in [2.75, 3.05) is 6.61 Å². The van der Waals surface area contributed by atoms with Crippen molar-refractivity contribution in [3.8, 4) is 0 Å². The van der Waals surface area contributed by atoms with Crippen LogP contribution in [-0.2, 0) is 3.07 Å². The predicted molar refractivity (Wildman–Crippen MR) is 95.0 cm³/mol. The maximum atomic E-state index is 6.51. The van der Waals surface area contributed by atoms with Crippen LogP contribution in [0.2, 0.25) is 13.3 Å². The molecule has 0 saturated heterocycles. The predicted octanol–water partition coefficient (Wildman–Crippen LogP) is 6.93. The van der Waals surface area contributed by atoms with Crippen LogP contribution in [-0.4, -0.2) is 25.4 Å². The molecule has 20 heavy (non-hydrogen) atoms. The quantitative estimate of drug-likeness (QED) is 0.217. The van der Waals surface area contributed by atoms with Crippen LogP contribution in [0.5, 0.6) is 0 Å². The number of rotatable bonds is 15. The summed E-state index contributed by atoms with van der Waals surface area (Å²) in [6, 6.07) is 0. The standard InChI is InChI=1S/C8H17.C6H13O.2C2H5.Sn/c1-3-5-7-8-6-4-2;1-2-3-4-5-6-7;2*1-2;/h1,3-8H2,2H3;2-6H2,1H3;2*1H2,2H3;/q;-1;;;+1. The summed E-state index contributed by atoms with van der Waals surface area (Å²) < 4.78 is 10.8. The van der Waals surface area contributed by atoms with Crippen molar-refractivity contribution >= 4 is 18.8 Å². The van der Waals surface area contributed by atoms with E-state index in [-0.39, 0.29) is 0 Å². The number of unbranched alkanes of at least 4 members (excludes halogenated alkanes) is 8. The third-order valence-electron chi connectivity index (χ3n) is 4.68. The van der Waals surface area contributed by atoms with Gasteiger partial charge in [0.25, 0.3) is 0 Å². The molecule has 0 spiro atoms.